The summed E-state index contributed by atoms with van der Waals surface area (Å²) in [6, 6.07) is 8.00. The molecule has 2 aliphatic carbocycles. The number of anilines is 1. The first-order valence-electron chi connectivity index (χ1n) is 8.68. The second kappa shape index (κ2) is 5.42. The van der Waals surface area contributed by atoms with Gasteiger partial charge in [-0.3, -0.25) is 9.59 Å². The van der Waals surface area contributed by atoms with Gasteiger partial charge in [-0.25, -0.2) is 0 Å². The van der Waals surface area contributed by atoms with Crippen molar-refractivity contribution >= 4 is 33.3 Å². The normalized spacial score (nSPS) is 34.0. The van der Waals surface area contributed by atoms with Crippen molar-refractivity contribution < 1.29 is 9.59 Å². The predicted molar refractivity (Wildman–Crippen MR) is 100 cm³/mol. The Bertz CT molecular complexity index is 694. The molecule has 1 N–H and O–H groups in total. The van der Waals surface area contributed by atoms with Crippen molar-refractivity contribution in [3.05, 3.63) is 29.8 Å². The van der Waals surface area contributed by atoms with Crippen LogP contribution in [0.2, 0.25) is 0 Å². The van der Waals surface area contributed by atoms with E-state index < -0.39 is 15.7 Å². The molecule has 3 unspecified atom stereocenters. The number of Topliss-reactive ketones (excluding diaryl/α,β-unsaturated/α-hetero) is 1. The molecule has 2 bridgehead atoms. The van der Waals surface area contributed by atoms with E-state index in [-0.39, 0.29) is 17.1 Å². The minimum absolute atomic E-state index is 0.0405. The highest BCUT2D eigenvalue weighted by Gasteiger charge is 2.76. The smallest absolute Gasteiger partial charge is 0.232 e. The van der Waals surface area contributed by atoms with Crippen molar-refractivity contribution in [2.45, 2.75) is 58.2 Å². The van der Waals surface area contributed by atoms with Gasteiger partial charge in [0.05, 0.1) is 10.2 Å². The number of hydrogen-bond donors (Lipinski definition) is 1. The molecule has 0 radical (unpaired) electrons. The molecule has 1 amide bonds. The van der Waals surface area contributed by atoms with Crippen LogP contribution in [-0.4, -0.2) is 16.5 Å². The zero-order chi connectivity index (χ0) is 17.9. The second-order valence-electron chi connectivity index (χ2n) is 8.39. The topological polar surface area (TPSA) is 46.2 Å². The van der Waals surface area contributed by atoms with E-state index in [1.807, 2.05) is 31.2 Å². The fraction of sp³-hybridized carbons (Fsp3) is 0.600. The molecule has 2 saturated carbocycles. The largest absolute Gasteiger partial charge is 0.326 e. The Hall–Kier alpha value is -1.16. The molecule has 130 valence electrons. The number of carbonyl (C=O) groups excluding carboxylic acids is 2. The third-order valence-corrected chi connectivity index (χ3v) is 8.16. The number of fused-ring (bicyclic) bond motifs is 2. The molecule has 1 aromatic rings. The van der Waals surface area contributed by atoms with Crippen molar-refractivity contribution in [3.63, 3.8) is 0 Å². The summed E-state index contributed by atoms with van der Waals surface area (Å²) in [4.78, 5) is 25.6. The number of hydrogen-bond acceptors (Lipinski definition) is 2. The van der Waals surface area contributed by atoms with E-state index in [1.54, 1.807) is 0 Å². The summed E-state index contributed by atoms with van der Waals surface area (Å²) in [5.41, 5.74) is 0.555. The first-order chi connectivity index (χ1) is 11.1. The van der Waals surface area contributed by atoms with E-state index in [1.165, 1.54) is 5.56 Å². The van der Waals surface area contributed by atoms with Gasteiger partial charge in [0.1, 0.15) is 0 Å². The van der Waals surface area contributed by atoms with E-state index in [0.29, 0.717) is 5.92 Å². The summed E-state index contributed by atoms with van der Waals surface area (Å²) < 4.78 is 0. The Kier molecular flexibility index (Phi) is 3.99. The average Bonchev–Trinajstić information content (AvgIpc) is 2.80. The number of carbonyl (C=O) groups is 2. The van der Waals surface area contributed by atoms with E-state index in [4.69, 9.17) is 0 Å². The molecule has 2 fully saturated rings. The third kappa shape index (κ3) is 2.01. The molecule has 0 heterocycles. The number of halogens is 1. The summed E-state index contributed by atoms with van der Waals surface area (Å²) in [7, 11) is 0. The summed E-state index contributed by atoms with van der Waals surface area (Å²) in [6.45, 7) is 10.5. The summed E-state index contributed by atoms with van der Waals surface area (Å²) in [5.74, 6) is 0.590. The van der Waals surface area contributed by atoms with Crippen LogP contribution in [0.5, 0.6) is 0 Å². The van der Waals surface area contributed by atoms with Gasteiger partial charge in [0, 0.05) is 11.1 Å². The summed E-state index contributed by atoms with van der Waals surface area (Å²) in [5, 5.41) is 3.07. The quantitative estimate of drug-likeness (QED) is 0.744. The Morgan fingerprint density at radius 3 is 2.21 bits per heavy atom. The lowest BCUT2D eigenvalue weighted by Crippen LogP contribution is -2.47. The summed E-state index contributed by atoms with van der Waals surface area (Å²) in [6.07, 6.45) is 1.52. The lowest BCUT2D eigenvalue weighted by molar-refractivity contribution is -0.130. The van der Waals surface area contributed by atoms with Crippen LogP contribution >= 0.6 is 15.9 Å². The molecule has 3 rings (SSSR count). The Labute approximate surface area is 152 Å². The zero-order valence-electron chi connectivity index (χ0n) is 15.1. The lowest BCUT2D eigenvalue weighted by atomic mass is 9.64. The van der Waals surface area contributed by atoms with Crippen molar-refractivity contribution in [1.29, 1.82) is 0 Å². The highest BCUT2D eigenvalue weighted by Crippen LogP contribution is 2.72. The highest BCUT2D eigenvalue weighted by atomic mass is 79.9. The van der Waals surface area contributed by atoms with Gasteiger partial charge >= 0.3 is 0 Å². The monoisotopic (exact) mass is 391 g/mol. The number of rotatable bonds is 3. The van der Waals surface area contributed by atoms with Crippen molar-refractivity contribution in [2.24, 2.45) is 16.2 Å². The Morgan fingerprint density at radius 1 is 1.17 bits per heavy atom. The lowest BCUT2D eigenvalue weighted by Gasteiger charge is -2.39. The first kappa shape index (κ1) is 17.7. The molecule has 0 saturated heterocycles. The van der Waals surface area contributed by atoms with Gasteiger partial charge in [0.2, 0.25) is 5.91 Å². The molecule has 2 aliphatic rings. The van der Waals surface area contributed by atoms with Gasteiger partial charge in [-0.1, -0.05) is 62.7 Å². The van der Waals surface area contributed by atoms with Crippen LogP contribution in [0, 0.1) is 16.2 Å². The van der Waals surface area contributed by atoms with E-state index in [9.17, 15) is 9.59 Å². The van der Waals surface area contributed by atoms with Gasteiger partial charge in [0.15, 0.2) is 5.78 Å². The van der Waals surface area contributed by atoms with Crippen LogP contribution in [0.25, 0.3) is 0 Å². The molecule has 0 aromatic heterocycles. The SMILES string of the molecule is CC(C)c1ccc(NC(=O)C23CCC(C)(C(=O)C2Br)C3(C)C)cc1. The average molecular weight is 392 g/mol. The number of ketones is 1. The molecular weight excluding hydrogens is 366 g/mol. The Morgan fingerprint density at radius 2 is 1.75 bits per heavy atom. The molecule has 1 aromatic carbocycles. The van der Waals surface area contributed by atoms with E-state index >= 15 is 0 Å². The maximum Gasteiger partial charge on any atom is 0.232 e. The molecule has 3 atom stereocenters. The maximum atomic E-state index is 13.2. The number of nitrogens with one attached hydrogen (secondary N) is 1. The highest BCUT2D eigenvalue weighted by molar-refractivity contribution is 9.10. The third-order valence-electron chi connectivity index (χ3n) is 6.96. The molecule has 0 aliphatic heterocycles. The molecule has 0 spiro atoms. The minimum Gasteiger partial charge on any atom is -0.326 e. The fourth-order valence-corrected chi connectivity index (χ4v) is 6.16. The summed E-state index contributed by atoms with van der Waals surface area (Å²) >= 11 is 3.56. The second-order valence-corrected chi connectivity index (χ2v) is 9.30. The van der Waals surface area contributed by atoms with Gasteiger partial charge < -0.3 is 5.32 Å². The van der Waals surface area contributed by atoms with Crippen molar-refractivity contribution in [1.82, 2.24) is 0 Å². The first-order valence-corrected chi connectivity index (χ1v) is 9.59. The van der Waals surface area contributed by atoms with Crippen LogP contribution < -0.4 is 5.32 Å². The molecular formula is C20H26BrNO2. The number of alkyl halides is 1. The van der Waals surface area contributed by atoms with Crippen LogP contribution in [0.3, 0.4) is 0 Å². The van der Waals surface area contributed by atoms with Crippen LogP contribution in [0.1, 0.15) is 58.9 Å². The van der Waals surface area contributed by atoms with Gasteiger partial charge in [-0.2, -0.15) is 0 Å². The van der Waals surface area contributed by atoms with Gasteiger partial charge in [0.25, 0.3) is 0 Å². The predicted octanol–water partition coefficient (Wildman–Crippen LogP) is 4.91. The van der Waals surface area contributed by atoms with Crippen molar-refractivity contribution in [3.8, 4) is 0 Å². The molecule has 4 heteroatoms. The van der Waals surface area contributed by atoms with Gasteiger partial charge in [-0.05, 0) is 41.9 Å². The number of benzene rings is 1. The number of amides is 1. The van der Waals surface area contributed by atoms with Gasteiger partial charge in [-0.15, -0.1) is 0 Å². The van der Waals surface area contributed by atoms with E-state index in [2.05, 4.69) is 48.9 Å². The maximum absolute atomic E-state index is 13.2. The van der Waals surface area contributed by atoms with Crippen molar-refractivity contribution in [2.75, 3.05) is 5.32 Å². The fourth-order valence-electron chi connectivity index (χ4n) is 4.65. The Balaban J connectivity index is 1.91. The van der Waals surface area contributed by atoms with E-state index in [0.717, 1.165) is 18.5 Å². The van der Waals surface area contributed by atoms with Crippen LogP contribution in [0.15, 0.2) is 24.3 Å². The minimum atomic E-state index is -0.685. The molecule has 24 heavy (non-hydrogen) atoms. The standard InChI is InChI=1S/C20H26BrNO2/c1-12(2)13-6-8-14(9-7-13)22-17(24)20-11-10-19(5,18(20,3)4)16(23)15(20)21/h6-9,12,15H,10-11H2,1-5H3,(H,22,24). The van der Waals surface area contributed by atoms with Crippen LogP contribution in [0.4, 0.5) is 5.69 Å². The zero-order valence-corrected chi connectivity index (χ0v) is 16.7. The van der Waals surface area contributed by atoms with Crippen LogP contribution in [-0.2, 0) is 9.59 Å². The molecule has 3 nitrogen and oxygen atoms in total.